The van der Waals surface area contributed by atoms with Crippen molar-refractivity contribution in [3.8, 4) is 0 Å². The number of carboxylic acid groups (broad SMARTS) is 1. The normalized spacial score (nSPS) is 12.1. The molecule has 3 N–H and O–H groups in total. The maximum Gasteiger partial charge on any atom is 0.408 e. The van der Waals surface area contributed by atoms with E-state index in [1.165, 1.54) is 0 Å². The van der Waals surface area contributed by atoms with Gasteiger partial charge in [0.2, 0.25) is 5.91 Å². The maximum absolute atomic E-state index is 12.1. The molecule has 8 nitrogen and oxygen atoms in total. The van der Waals surface area contributed by atoms with Gasteiger partial charge in [0, 0.05) is 0 Å². The number of carbonyl (C=O) groups is 3. The number of carbonyl (C=O) groups excluding carboxylic acids is 2. The van der Waals surface area contributed by atoms with E-state index in [2.05, 4.69) is 10.6 Å². The molecule has 138 valence electrons. The second kappa shape index (κ2) is 9.63. The molecule has 1 rings (SSSR count). The van der Waals surface area contributed by atoms with Gasteiger partial charge < -0.3 is 25.2 Å². The Morgan fingerprint density at radius 1 is 1.16 bits per heavy atom. The molecule has 2 amide bonds. The Kier molecular flexibility index (Phi) is 7.87. The van der Waals surface area contributed by atoms with Crippen molar-refractivity contribution in [3.05, 3.63) is 35.9 Å². The molecule has 0 bridgehead atoms. The first kappa shape index (κ1) is 20.4. The van der Waals surface area contributed by atoms with E-state index >= 15 is 0 Å². The molecule has 0 aromatic heterocycles. The lowest BCUT2D eigenvalue weighted by molar-refractivity contribution is -0.138. The first-order valence-corrected chi connectivity index (χ1v) is 7.78. The van der Waals surface area contributed by atoms with Crippen molar-refractivity contribution >= 4 is 18.0 Å². The van der Waals surface area contributed by atoms with Crippen molar-refractivity contribution in [2.75, 3.05) is 13.2 Å². The van der Waals surface area contributed by atoms with Gasteiger partial charge in [0.25, 0.3) is 0 Å². The maximum atomic E-state index is 12.1. The highest BCUT2D eigenvalue weighted by molar-refractivity contribution is 5.88. The molecule has 0 aliphatic heterocycles. The van der Waals surface area contributed by atoms with E-state index in [1.54, 1.807) is 20.8 Å². The Hall–Kier alpha value is -2.61. The standard InChI is InChI=1S/C17H24N2O6/c1-17(2,3)25-16(23)19-13(15(22)18-9-14(20)21)11-24-10-12-7-5-4-6-8-12/h4-8,13H,9-11H2,1-3H3,(H,18,22)(H,19,23)(H,20,21)/t13-/m0/s1. The predicted molar refractivity (Wildman–Crippen MR) is 89.9 cm³/mol. The summed E-state index contributed by atoms with van der Waals surface area (Å²) >= 11 is 0. The third-order valence-corrected chi connectivity index (χ3v) is 2.82. The van der Waals surface area contributed by atoms with Crippen molar-refractivity contribution in [1.82, 2.24) is 10.6 Å². The molecule has 0 aliphatic carbocycles. The molecular formula is C17H24N2O6. The molecule has 0 fully saturated rings. The summed E-state index contributed by atoms with van der Waals surface area (Å²) in [6.45, 7) is 4.65. The molecule has 0 aliphatic rings. The van der Waals surface area contributed by atoms with Crippen LogP contribution >= 0.6 is 0 Å². The van der Waals surface area contributed by atoms with Crippen LogP contribution in [0.2, 0.25) is 0 Å². The molecule has 1 aromatic carbocycles. The third kappa shape index (κ3) is 9.31. The molecule has 8 heteroatoms. The highest BCUT2D eigenvalue weighted by atomic mass is 16.6. The highest BCUT2D eigenvalue weighted by Gasteiger charge is 2.24. The number of rotatable bonds is 8. The fourth-order valence-electron chi connectivity index (χ4n) is 1.79. The van der Waals surface area contributed by atoms with Gasteiger partial charge in [-0.1, -0.05) is 30.3 Å². The number of hydrogen-bond donors (Lipinski definition) is 3. The molecule has 0 saturated heterocycles. The van der Waals surface area contributed by atoms with Gasteiger partial charge in [-0.05, 0) is 26.3 Å². The fourth-order valence-corrected chi connectivity index (χ4v) is 1.79. The molecule has 1 atom stereocenters. The van der Waals surface area contributed by atoms with Crippen LogP contribution in [0.15, 0.2) is 30.3 Å². The van der Waals surface area contributed by atoms with E-state index in [9.17, 15) is 14.4 Å². The summed E-state index contributed by atoms with van der Waals surface area (Å²) in [4.78, 5) is 34.5. The Balaban J connectivity index is 2.61. The van der Waals surface area contributed by atoms with Crippen molar-refractivity contribution in [1.29, 1.82) is 0 Å². The van der Waals surface area contributed by atoms with Crippen molar-refractivity contribution in [2.24, 2.45) is 0 Å². The number of amides is 2. The van der Waals surface area contributed by atoms with E-state index in [0.717, 1.165) is 5.56 Å². The Bertz CT molecular complexity index is 583. The van der Waals surface area contributed by atoms with Crippen LogP contribution in [0.3, 0.4) is 0 Å². The van der Waals surface area contributed by atoms with Gasteiger partial charge in [0.1, 0.15) is 18.2 Å². The van der Waals surface area contributed by atoms with Gasteiger partial charge in [0.05, 0.1) is 13.2 Å². The minimum atomic E-state index is -1.19. The number of aliphatic carboxylic acids is 1. The summed E-state index contributed by atoms with van der Waals surface area (Å²) in [6, 6.07) is 8.23. The van der Waals surface area contributed by atoms with E-state index in [-0.39, 0.29) is 13.2 Å². The largest absolute Gasteiger partial charge is 0.480 e. The zero-order chi connectivity index (χ0) is 18.9. The predicted octanol–water partition coefficient (Wildman–Crippen LogP) is 1.30. The minimum absolute atomic E-state index is 0.125. The van der Waals surface area contributed by atoms with Gasteiger partial charge in [-0.3, -0.25) is 9.59 Å². The summed E-state index contributed by atoms with van der Waals surface area (Å²) in [6.07, 6.45) is -0.786. The lowest BCUT2D eigenvalue weighted by atomic mass is 10.2. The van der Waals surface area contributed by atoms with Crippen LogP contribution in [0.1, 0.15) is 26.3 Å². The molecule has 0 spiro atoms. The van der Waals surface area contributed by atoms with Gasteiger partial charge in [0.15, 0.2) is 0 Å². The number of hydrogen-bond acceptors (Lipinski definition) is 5. The minimum Gasteiger partial charge on any atom is -0.480 e. The third-order valence-electron chi connectivity index (χ3n) is 2.82. The molecule has 25 heavy (non-hydrogen) atoms. The van der Waals surface area contributed by atoms with E-state index < -0.39 is 36.2 Å². The average Bonchev–Trinajstić information content (AvgIpc) is 2.51. The smallest absolute Gasteiger partial charge is 0.408 e. The molecule has 0 radical (unpaired) electrons. The Morgan fingerprint density at radius 2 is 1.80 bits per heavy atom. The SMILES string of the molecule is CC(C)(C)OC(=O)N[C@@H](COCc1ccccc1)C(=O)NCC(=O)O. The van der Waals surface area contributed by atoms with Crippen LogP contribution in [0, 0.1) is 0 Å². The molecule has 1 aromatic rings. The van der Waals surface area contributed by atoms with Gasteiger partial charge in [-0.25, -0.2) is 4.79 Å². The second-order valence-corrected chi connectivity index (χ2v) is 6.31. The Morgan fingerprint density at radius 3 is 2.36 bits per heavy atom. The summed E-state index contributed by atoms with van der Waals surface area (Å²) < 4.78 is 10.6. The first-order chi connectivity index (χ1) is 11.7. The van der Waals surface area contributed by atoms with Crippen molar-refractivity contribution in [2.45, 2.75) is 39.0 Å². The zero-order valence-corrected chi connectivity index (χ0v) is 14.6. The first-order valence-electron chi connectivity index (χ1n) is 7.78. The zero-order valence-electron chi connectivity index (χ0n) is 14.6. The topological polar surface area (TPSA) is 114 Å². The summed E-state index contributed by atoms with van der Waals surface area (Å²) in [5.41, 5.74) is 0.182. The van der Waals surface area contributed by atoms with E-state index in [0.29, 0.717) is 0 Å². The van der Waals surface area contributed by atoms with Crippen LogP contribution in [0.25, 0.3) is 0 Å². The van der Waals surface area contributed by atoms with Crippen LogP contribution in [-0.2, 0) is 25.7 Å². The number of nitrogens with one attached hydrogen (secondary N) is 2. The molecule has 0 saturated carbocycles. The lowest BCUT2D eigenvalue weighted by Crippen LogP contribution is -2.51. The summed E-state index contributed by atoms with van der Waals surface area (Å²) in [5, 5.41) is 13.2. The number of carboxylic acids is 1. The van der Waals surface area contributed by atoms with Crippen LogP contribution < -0.4 is 10.6 Å². The number of ether oxygens (including phenoxy) is 2. The van der Waals surface area contributed by atoms with Gasteiger partial charge in [-0.2, -0.15) is 0 Å². The number of benzene rings is 1. The summed E-state index contributed by atoms with van der Waals surface area (Å²) in [7, 11) is 0. The Labute approximate surface area is 146 Å². The molecule has 0 unspecified atom stereocenters. The monoisotopic (exact) mass is 352 g/mol. The average molecular weight is 352 g/mol. The van der Waals surface area contributed by atoms with Crippen molar-refractivity contribution in [3.63, 3.8) is 0 Å². The van der Waals surface area contributed by atoms with Crippen LogP contribution in [0.4, 0.5) is 4.79 Å². The van der Waals surface area contributed by atoms with E-state index in [1.807, 2.05) is 30.3 Å². The lowest BCUT2D eigenvalue weighted by Gasteiger charge is -2.23. The van der Waals surface area contributed by atoms with E-state index in [4.69, 9.17) is 14.6 Å². The summed E-state index contributed by atoms with van der Waals surface area (Å²) in [5.74, 6) is -1.85. The van der Waals surface area contributed by atoms with Gasteiger partial charge >= 0.3 is 12.1 Å². The molecule has 0 heterocycles. The fraction of sp³-hybridized carbons (Fsp3) is 0.471. The van der Waals surface area contributed by atoms with Crippen LogP contribution in [-0.4, -0.2) is 47.9 Å². The number of alkyl carbamates (subject to hydrolysis) is 1. The van der Waals surface area contributed by atoms with Crippen LogP contribution in [0.5, 0.6) is 0 Å². The van der Waals surface area contributed by atoms with Crippen molar-refractivity contribution < 1.29 is 29.0 Å². The molecular weight excluding hydrogens is 328 g/mol. The second-order valence-electron chi connectivity index (χ2n) is 6.31. The van der Waals surface area contributed by atoms with Gasteiger partial charge in [-0.15, -0.1) is 0 Å². The quantitative estimate of drug-likeness (QED) is 0.650. The highest BCUT2D eigenvalue weighted by Crippen LogP contribution is 2.07.